The fourth-order valence-corrected chi connectivity index (χ4v) is 3.85. The van der Waals surface area contributed by atoms with Crippen LogP contribution in [0.15, 0.2) is 66.7 Å². The Morgan fingerprint density at radius 2 is 1.32 bits per heavy atom. The predicted octanol–water partition coefficient (Wildman–Crippen LogP) is 4.03. The smallest absolute Gasteiger partial charge is 0.0237 e. The molecule has 0 radical (unpaired) electrons. The lowest BCUT2D eigenvalue weighted by Gasteiger charge is -2.28. The summed E-state index contributed by atoms with van der Waals surface area (Å²) in [7, 11) is 0. The van der Waals surface area contributed by atoms with Crippen molar-refractivity contribution in [3.05, 3.63) is 83.4 Å². The molecule has 0 unspecified atom stereocenters. The van der Waals surface area contributed by atoms with Crippen LogP contribution in [0.5, 0.6) is 0 Å². The largest absolute Gasteiger partial charge is 0.314 e. The van der Waals surface area contributed by atoms with E-state index in [1.54, 1.807) is 0 Å². The van der Waals surface area contributed by atoms with Crippen LogP contribution in [0, 0.1) is 0 Å². The van der Waals surface area contributed by atoms with Crippen LogP contribution in [0.4, 0.5) is 0 Å². The summed E-state index contributed by atoms with van der Waals surface area (Å²) in [5, 5.41) is 6.17. The summed E-state index contributed by atoms with van der Waals surface area (Å²) in [4.78, 5) is 2.56. The van der Waals surface area contributed by atoms with Crippen LogP contribution in [0.1, 0.15) is 16.7 Å². The van der Waals surface area contributed by atoms with Crippen LogP contribution < -0.4 is 5.32 Å². The number of fused-ring (bicyclic) bond motifs is 1. The zero-order valence-electron chi connectivity index (χ0n) is 14.7. The van der Waals surface area contributed by atoms with Crippen molar-refractivity contribution < 1.29 is 0 Å². The molecule has 2 nitrogen and oxygen atoms in total. The molecule has 4 rings (SSSR count). The van der Waals surface area contributed by atoms with E-state index in [4.69, 9.17) is 0 Å². The van der Waals surface area contributed by atoms with Gasteiger partial charge in [-0.15, -0.1) is 0 Å². The number of nitrogens with zero attached hydrogens (tertiary/aromatic N) is 1. The highest BCUT2D eigenvalue weighted by molar-refractivity contribution is 5.85. The lowest BCUT2D eigenvalue weighted by Crippen LogP contribution is -2.43. The van der Waals surface area contributed by atoms with Gasteiger partial charge in [-0.3, -0.25) is 4.90 Å². The minimum Gasteiger partial charge on any atom is -0.314 e. The highest BCUT2D eigenvalue weighted by Gasteiger charge is 2.12. The number of nitrogens with one attached hydrogen (secondary N) is 1. The molecule has 1 fully saturated rings. The van der Waals surface area contributed by atoms with Gasteiger partial charge in [0.05, 0.1) is 0 Å². The summed E-state index contributed by atoms with van der Waals surface area (Å²) in [5.41, 5.74) is 4.44. The molecule has 0 aliphatic carbocycles. The van der Waals surface area contributed by atoms with Gasteiger partial charge in [0.25, 0.3) is 0 Å². The summed E-state index contributed by atoms with van der Waals surface area (Å²) < 4.78 is 0. The molecule has 3 aromatic carbocycles. The SMILES string of the molecule is c1ccc(CN2CCNCC2)c(CCc2cccc3ccccc23)c1. The van der Waals surface area contributed by atoms with Crippen LogP contribution in [0.2, 0.25) is 0 Å². The van der Waals surface area contributed by atoms with Gasteiger partial charge < -0.3 is 5.32 Å². The first-order valence-electron chi connectivity index (χ1n) is 9.37. The summed E-state index contributed by atoms with van der Waals surface area (Å²) in [6.07, 6.45) is 2.20. The second-order valence-corrected chi connectivity index (χ2v) is 6.93. The Hall–Kier alpha value is -2.16. The molecular formula is C23H26N2. The lowest BCUT2D eigenvalue weighted by atomic mass is 9.96. The van der Waals surface area contributed by atoms with Crippen molar-refractivity contribution in [2.45, 2.75) is 19.4 Å². The summed E-state index contributed by atoms with van der Waals surface area (Å²) >= 11 is 0. The van der Waals surface area contributed by atoms with Gasteiger partial charge in [-0.2, -0.15) is 0 Å². The van der Waals surface area contributed by atoms with Crippen molar-refractivity contribution >= 4 is 10.8 Å². The minimum atomic E-state index is 1.08. The van der Waals surface area contributed by atoms with Crippen LogP contribution >= 0.6 is 0 Å². The van der Waals surface area contributed by atoms with E-state index in [2.05, 4.69) is 76.9 Å². The summed E-state index contributed by atoms with van der Waals surface area (Å²) in [6.45, 7) is 5.60. The quantitative estimate of drug-likeness (QED) is 0.760. The molecule has 0 bridgehead atoms. The van der Waals surface area contributed by atoms with E-state index in [0.717, 1.165) is 45.6 Å². The second kappa shape index (κ2) is 7.81. The Kier molecular flexibility index (Phi) is 5.10. The Balaban J connectivity index is 1.51. The van der Waals surface area contributed by atoms with Crippen molar-refractivity contribution in [2.75, 3.05) is 26.2 Å². The minimum absolute atomic E-state index is 1.08. The number of aryl methyl sites for hydroxylation is 2. The third-order valence-electron chi connectivity index (χ3n) is 5.27. The maximum absolute atomic E-state index is 3.44. The van der Waals surface area contributed by atoms with E-state index in [-0.39, 0.29) is 0 Å². The fraction of sp³-hybridized carbons (Fsp3) is 0.304. The van der Waals surface area contributed by atoms with Gasteiger partial charge in [-0.1, -0.05) is 66.7 Å². The molecule has 2 heteroatoms. The average Bonchev–Trinajstić information content (AvgIpc) is 2.68. The van der Waals surface area contributed by atoms with E-state index in [1.807, 2.05) is 0 Å². The molecule has 1 aliphatic rings. The molecule has 0 atom stereocenters. The molecule has 25 heavy (non-hydrogen) atoms. The van der Waals surface area contributed by atoms with E-state index in [9.17, 15) is 0 Å². The number of piperazine rings is 1. The highest BCUT2D eigenvalue weighted by Crippen LogP contribution is 2.21. The van der Waals surface area contributed by atoms with Gasteiger partial charge in [-0.25, -0.2) is 0 Å². The molecule has 1 N–H and O–H groups in total. The molecule has 0 aromatic heterocycles. The van der Waals surface area contributed by atoms with Gasteiger partial charge in [0.15, 0.2) is 0 Å². The highest BCUT2D eigenvalue weighted by atomic mass is 15.2. The lowest BCUT2D eigenvalue weighted by molar-refractivity contribution is 0.232. The topological polar surface area (TPSA) is 15.3 Å². The van der Waals surface area contributed by atoms with Crippen molar-refractivity contribution in [1.29, 1.82) is 0 Å². The average molecular weight is 330 g/mol. The van der Waals surface area contributed by atoms with Gasteiger partial charge in [0, 0.05) is 32.7 Å². The first-order chi connectivity index (χ1) is 12.4. The Morgan fingerprint density at radius 1 is 0.680 bits per heavy atom. The van der Waals surface area contributed by atoms with Crippen LogP contribution in [0.3, 0.4) is 0 Å². The Morgan fingerprint density at radius 3 is 2.20 bits per heavy atom. The number of hydrogen-bond acceptors (Lipinski definition) is 2. The van der Waals surface area contributed by atoms with Gasteiger partial charge >= 0.3 is 0 Å². The van der Waals surface area contributed by atoms with Gasteiger partial charge in [0.2, 0.25) is 0 Å². The van der Waals surface area contributed by atoms with E-state index in [0.29, 0.717) is 0 Å². The normalized spacial score (nSPS) is 15.5. The van der Waals surface area contributed by atoms with Crippen molar-refractivity contribution in [2.24, 2.45) is 0 Å². The number of rotatable bonds is 5. The molecule has 1 aliphatic heterocycles. The van der Waals surface area contributed by atoms with Crippen LogP contribution in [-0.2, 0) is 19.4 Å². The first kappa shape index (κ1) is 16.3. The zero-order chi connectivity index (χ0) is 16.9. The molecule has 1 heterocycles. The van der Waals surface area contributed by atoms with Gasteiger partial charge in [0.1, 0.15) is 0 Å². The van der Waals surface area contributed by atoms with Crippen molar-refractivity contribution in [3.63, 3.8) is 0 Å². The van der Waals surface area contributed by atoms with E-state index < -0.39 is 0 Å². The van der Waals surface area contributed by atoms with Crippen LogP contribution in [-0.4, -0.2) is 31.1 Å². The predicted molar refractivity (Wildman–Crippen MR) is 106 cm³/mol. The van der Waals surface area contributed by atoms with E-state index in [1.165, 1.54) is 27.5 Å². The first-order valence-corrected chi connectivity index (χ1v) is 9.37. The number of hydrogen-bond donors (Lipinski definition) is 1. The Bertz CT molecular complexity index is 829. The molecule has 0 spiro atoms. The monoisotopic (exact) mass is 330 g/mol. The molecule has 0 amide bonds. The van der Waals surface area contributed by atoms with Crippen molar-refractivity contribution in [1.82, 2.24) is 10.2 Å². The summed E-state index contributed by atoms with van der Waals surface area (Å²) in [6, 6.07) is 24.4. The molecular weight excluding hydrogens is 304 g/mol. The molecule has 1 saturated heterocycles. The van der Waals surface area contributed by atoms with Crippen molar-refractivity contribution in [3.8, 4) is 0 Å². The second-order valence-electron chi connectivity index (χ2n) is 6.93. The van der Waals surface area contributed by atoms with E-state index >= 15 is 0 Å². The Labute approximate surface area is 150 Å². The third-order valence-corrected chi connectivity index (χ3v) is 5.27. The molecule has 0 saturated carbocycles. The third kappa shape index (κ3) is 3.92. The zero-order valence-corrected chi connectivity index (χ0v) is 14.7. The summed E-state index contributed by atoms with van der Waals surface area (Å²) in [5.74, 6) is 0. The fourth-order valence-electron chi connectivity index (χ4n) is 3.85. The maximum atomic E-state index is 3.44. The van der Waals surface area contributed by atoms with Gasteiger partial charge in [-0.05, 0) is 40.3 Å². The molecule has 3 aromatic rings. The standard InChI is InChI=1S/C23H26N2/c1-2-8-22(18-25-16-14-24-15-17-25)19(6-1)12-13-21-10-5-9-20-7-3-4-11-23(20)21/h1-11,24H,12-18H2. The number of benzene rings is 3. The van der Waals surface area contributed by atoms with Crippen LogP contribution in [0.25, 0.3) is 10.8 Å². The maximum Gasteiger partial charge on any atom is 0.0237 e. The molecule has 128 valence electrons.